The highest BCUT2D eigenvalue weighted by atomic mass is 16.3. The van der Waals surface area contributed by atoms with Gasteiger partial charge >= 0.3 is 0 Å². The van der Waals surface area contributed by atoms with E-state index in [0.29, 0.717) is 5.75 Å². The first-order valence-electron chi connectivity index (χ1n) is 4.75. The lowest BCUT2D eigenvalue weighted by molar-refractivity contribution is 0.367. The van der Waals surface area contributed by atoms with E-state index < -0.39 is 0 Å². The van der Waals surface area contributed by atoms with Crippen LogP contribution in [0.15, 0.2) is 18.2 Å². The standard InChI is InChI=1S/C11H15NO/c1-12(2)7-3-4-9-5-6-10(13)8-11(9)12/h5-6,8H,3-4,7H2,1-2H3/p+1. The van der Waals surface area contributed by atoms with Crippen LogP contribution in [0.25, 0.3) is 0 Å². The molecule has 0 atom stereocenters. The Morgan fingerprint density at radius 3 is 2.85 bits per heavy atom. The molecular weight excluding hydrogens is 162 g/mol. The zero-order chi connectivity index (χ0) is 9.47. The fourth-order valence-corrected chi connectivity index (χ4v) is 2.11. The second-order valence-electron chi connectivity index (χ2n) is 4.33. The Kier molecular flexibility index (Phi) is 1.81. The van der Waals surface area contributed by atoms with Crippen molar-refractivity contribution in [3.05, 3.63) is 23.8 Å². The summed E-state index contributed by atoms with van der Waals surface area (Å²) in [5.74, 6) is 0.381. The Labute approximate surface area is 79.0 Å². The Hall–Kier alpha value is -1.02. The summed E-state index contributed by atoms with van der Waals surface area (Å²) in [7, 11) is 4.38. The quantitative estimate of drug-likeness (QED) is 0.602. The summed E-state index contributed by atoms with van der Waals surface area (Å²) in [5.41, 5.74) is 2.65. The van der Waals surface area contributed by atoms with Crippen molar-refractivity contribution in [2.75, 3.05) is 20.6 Å². The second kappa shape index (κ2) is 2.74. The van der Waals surface area contributed by atoms with Gasteiger partial charge in [-0.2, -0.15) is 0 Å². The summed E-state index contributed by atoms with van der Waals surface area (Å²) >= 11 is 0. The minimum Gasteiger partial charge on any atom is -0.508 e. The molecule has 0 saturated carbocycles. The number of benzene rings is 1. The third-order valence-electron chi connectivity index (χ3n) is 2.88. The maximum atomic E-state index is 9.41. The number of phenolic OH excluding ortho intramolecular Hbond substituents is 1. The highest BCUT2D eigenvalue weighted by molar-refractivity contribution is 5.55. The van der Waals surface area contributed by atoms with Crippen molar-refractivity contribution >= 4 is 5.69 Å². The Morgan fingerprint density at radius 2 is 2.08 bits per heavy atom. The molecule has 0 spiro atoms. The number of phenols is 1. The number of fused-ring (bicyclic) bond motifs is 1. The maximum Gasteiger partial charge on any atom is 0.139 e. The first-order valence-corrected chi connectivity index (χ1v) is 4.75. The third kappa shape index (κ3) is 1.42. The van der Waals surface area contributed by atoms with Gasteiger partial charge in [-0.05, 0) is 18.6 Å². The number of rotatable bonds is 0. The van der Waals surface area contributed by atoms with Crippen molar-refractivity contribution in [3.8, 4) is 5.75 Å². The summed E-state index contributed by atoms with van der Waals surface area (Å²) < 4.78 is 0.893. The van der Waals surface area contributed by atoms with Crippen LogP contribution in [0.3, 0.4) is 0 Å². The van der Waals surface area contributed by atoms with Crippen molar-refractivity contribution in [1.29, 1.82) is 0 Å². The van der Waals surface area contributed by atoms with E-state index in [1.54, 1.807) is 6.07 Å². The van der Waals surface area contributed by atoms with E-state index in [1.807, 2.05) is 12.1 Å². The lowest BCUT2D eigenvalue weighted by Crippen LogP contribution is -2.44. The lowest BCUT2D eigenvalue weighted by atomic mass is 10.0. The van der Waals surface area contributed by atoms with Crippen LogP contribution in [0.4, 0.5) is 5.69 Å². The average Bonchev–Trinajstić information content (AvgIpc) is 2.06. The molecule has 1 heterocycles. The summed E-state index contributed by atoms with van der Waals surface area (Å²) in [6.07, 6.45) is 2.39. The third-order valence-corrected chi connectivity index (χ3v) is 2.88. The molecule has 1 aromatic carbocycles. The van der Waals surface area contributed by atoms with E-state index in [9.17, 15) is 5.11 Å². The van der Waals surface area contributed by atoms with Crippen LogP contribution >= 0.6 is 0 Å². The van der Waals surface area contributed by atoms with E-state index in [4.69, 9.17) is 0 Å². The van der Waals surface area contributed by atoms with Gasteiger partial charge in [0.15, 0.2) is 0 Å². The van der Waals surface area contributed by atoms with Crippen LogP contribution in [0.1, 0.15) is 12.0 Å². The molecule has 0 aromatic heterocycles. The molecule has 0 saturated heterocycles. The Morgan fingerprint density at radius 1 is 1.31 bits per heavy atom. The topological polar surface area (TPSA) is 20.2 Å². The Bertz CT molecular complexity index is 331. The van der Waals surface area contributed by atoms with E-state index in [1.165, 1.54) is 17.7 Å². The van der Waals surface area contributed by atoms with Crippen LogP contribution in [0.5, 0.6) is 5.75 Å². The van der Waals surface area contributed by atoms with Crippen molar-refractivity contribution < 1.29 is 5.11 Å². The number of aromatic hydroxyl groups is 1. The van der Waals surface area contributed by atoms with Crippen molar-refractivity contribution in [1.82, 2.24) is 4.48 Å². The van der Waals surface area contributed by atoms with Crippen LogP contribution in [0.2, 0.25) is 0 Å². The normalized spacial score (nSPS) is 19.5. The SMILES string of the molecule is C[N+]1(C)CCCc2ccc(O)cc21. The minimum atomic E-state index is 0.381. The predicted molar refractivity (Wildman–Crippen MR) is 54.9 cm³/mol. The smallest absolute Gasteiger partial charge is 0.139 e. The summed E-state index contributed by atoms with van der Waals surface area (Å²) in [4.78, 5) is 0. The maximum absolute atomic E-state index is 9.41. The Balaban J connectivity index is 2.55. The van der Waals surface area contributed by atoms with Gasteiger partial charge in [-0.15, -0.1) is 0 Å². The molecule has 2 heteroatoms. The van der Waals surface area contributed by atoms with Crippen molar-refractivity contribution in [3.63, 3.8) is 0 Å². The molecule has 1 aromatic rings. The molecule has 0 amide bonds. The molecule has 1 aliphatic rings. The molecule has 2 nitrogen and oxygen atoms in total. The van der Waals surface area contributed by atoms with Gasteiger partial charge in [0.25, 0.3) is 0 Å². The molecular formula is C11H16NO+. The summed E-state index contributed by atoms with van der Waals surface area (Å²) in [5, 5.41) is 9.41. The zero-order valence-electron chi connectivity index (χ0n) is 8.25. The van der Waals surface area contributed by atoms with Gasteiger partial charge in [-0.25, -0.2) is 0 Å². The summed E-state index contributed by atoms with van der Waals surface area (Å²) in [6.45, 7) is 1.16. The number of hydrogen-bond acceptors (Lipinski definition) is 1. The fourth-order valence-electron chi connectivity index (χ4n) is 2.11. The number of aryl methyl sites for hydroxylation is 1. The lowest BCUT2D eigenvalue weighted by Gasteiger charge is -2.34. The zero-order valence-corrected chi connectivity index (χ0v) is 8.25. The van der Waals surface area contributed by atoms with Gasteiger partial charge < -0.3 is 5.11 Å². The van der Waals surface area contributed by atoms with Gasteiger partial charge in [0.2, 0.25) is 0 Å². The first-order chi connectivity index (χ1) is 6.09. The van der Waals surface area contributed by atoms with Gasteiger partial charge in [-0.3, -0.25) is 4.48 Å². The molecule has 1 N–H and O–H groups in total. The van der Waals surface area contributed by atoms with Gasteiger partial charge in [0.1, 0.15) is 11.4 Å². The van der Waals surface area contributed by atoms with E-state index in [-0.39, 0.29) is 0 Å². The summed E-state index contributed by atoms with van der Waals surface area (Å²) in [6, 6.07) is 5.72. The van der Waals surface area contributed by atoms with Crippen LogP contribution in [-0.4, -0.2) is 25.7 Å². The second-order valence-corrected chi connectivity index (χ2v) is 4.33. The van der Waals surface area contributed by atoms with Crippen LogP contribution < -0.4 is 4.48 Å². The van der Waals surface area contributed by atoms with Crippen LogP contribution in [0, 0.1) is 0 Å². The van der Waals surface area contributed by atoms with E-state index in [0.717, 1.165) is 17.4 Å². The van der Waals surface area contributed by atoms with Gasteiger partial charge in [-0.1, -0.05) is 0 Å². The molecule has 13 heavy (non-hydrogen) atoms. The molecule has 0 unspecified atom stereocenters. The highest BCUT2D eigenvalue weighted by Crippen LogP contribution is 2.33. The average molecular weight is 178 g/mol. The van der Waals surface area contributed by atoms with Crippen LogP contribution in [-0.2, 0) is 6.42 Å². The molecule has 1 aliphatic heterocycles. The van der Waals surface area contributed by atoms with E-state index in [2.05, 4.69) is 14.1 Å². The molecule has 70 valence electrons. The van der Waals surface area contributed by atoms with Gasteiger partial charge in [0, 0.05) is 18.1 Å². The molecule has 0 aliphatic carbocycles. The molecule has 2 rings (SSSR count). The minimum absolute atomic E-state index is 0.381. The largest absolute Gasteiger partial charge is 0.508 e. The number of hydrogen-bond donors (Lipinski definition) is 1. The predicted octanol–water partition coefficient (Wildman–Crippen LogP) is 1.91. The highest BCUT2D eigenvalue weighted by Gasteiger charge is 2.27. The van der Waals surface area contributed by atoms with E-state index >= 15 is 0 Å². The monoisotopic (exact) mass is 178 g/mol. The van der Waals surface area contributed by atoms with Crippen molar-refractivity contribution in [2.45, 2.75) is 12.8 Å². The first kappa shape index (κ1) is 8.57. The molecule has 0 radical (unpaired) electrons. The molecule has 0 bridgehead atoms. The van der Waals surface area contributed by atoms with Gasteiger partial charge in [0.05, 0.1) is 20.6 Å². The molecule has 0 fully saturated rings. The number of quaternary nitrogens is 1. The number of nitrogens with zero attached hydrogens (tertiary/aromatic N) is 1. The van der Waals surface area contributed by atoms with Crippen molar-refractivity contribution in [2.24, 2.45) is 0 Å². The fraction of sp³-hybridized carbons (Fsp3) is 0.455.